The molecule has 0 saturated carbocycles. The lowest BCUT2D eigenvalue weighted by Crippen LogP contribution is -2.44. The Morgan fingerprint density at radius 3 is 2.58 bits per heavy atom. The maximum Gasteiger partial charge on any atom is 0.315 e. The normalized spacial score (nSPS) is 14.0. The number of amides is 2. The first-order chi connectivity index (χ1) is 11.3. The summed E-state index contributed by atoms with van der Waals surface area (Å²) in [5, 5.41) is 15.4. The summed E-state index contributed by atoms with van der Waals surface area (Å²) in [6, 6.07) is 8.90. The van der Waals surface area contributed by atoms with Gasteiger partial charge in [0.1, 0.15) is 6.04 Å². The zero-order chi connectivity index (χ0) is 17.7. The highest BCUT2D eigenvalue weighted by Crippen LogP contribution is 2.22. The molecule has 3 N–H and O–H groups in total. The van der Waals surface area contributed by atoms with Gasteiger partial charge in [-0.1, -0.05) is 51.1 Å². The molecule has 0 radical (unpaired) electrons. The van der Waals surface area contributed by atoms with E-state index >= 15 is 0 Å². The average Bonchev–Trinajstić information content (AvgIpc) is 3.02. The number of hydrogen-bond donors (Lipinski definition) is 3. The van der Waals surface area contributed by atoms with Crippen molar-refractivity contribution in [3.05, 3.63) is 42.4 Å². The molecule has 1 heterocycles. The van der Waals surface area contributed by atoms with Gasteiger partial charge in [-0.25, -0.2) is 9.78 Å². The van der Waals surface area contributed by atoms with E-state index in [1.165, 1.54) is 0 Å². The van der Waals surface area contributed by atoms with Crippen LogP contribution in [0.2, 0.25) is 0 Å². The summed E-state index contributed by atoms with van der Waals surface area (Å²) >= 11 is 0. The molecular formula is C18H25N3O3. The minimum atomic E-state index is -0.620. The first-order valence-corrected chi connectivity index (χ1v) is 8.01. The van der Waals surface area contributed by atoms with Gasteiger partial charge in [-0.2, -0.15) is 0 Å². The average molecular weight is 331 g/mol. The highest BCUT2D eigenvalue weighted by Gasteiger charge is 2.23. The molecule has 0 saturated heterocycles. The van der Waals surface area contributed by atoms with Crippen LogP contribution < -0.4 is 10.6 Å². The van der Waals surface area contributed by atoms with Gasteiger partial charge in [0, 0.05) is 12.1 Å². The summed E-state index contributed by atoms with van der Waals surface area (Å²) in [6.45, 7) is 7.72. The molecule has 24 heavy (non-hydrogen) atoms. The number of urea groups is 1. The van der Waals surface area contributed by atoms with Gasteiger partial charge in [-0.15, -0.1) is 0 Å². The number of benzene rings is 1. The van der Waals surface area contributed by atoms with Gasteiger partial charge in [-0.3, -0.25) is 0 Å². The van der Waals surface area contributed by atoms with Gasteiger partial charge in [0.05, 0.1) is 12.3 Å². The standard InChI is InChI=1S/C18H25N3O3/c1-12(21-17(23)20-11-15(22)18(2,3)4)16-19-10-14(24-16)13-8-6-5-7-9-13/h5-10,12,15,22H,11H2,1-4H3,(H2,20,21,23). The first kappa shape index (κ1) is 18.0. The van der Waals surface area contributed by atoms with E-state index < -0.39 is 6.10 Å². The molecule has 6 heteroatoms. The maximum atomic E-state index is 11.9. The van der Waals surface area contributed by atoms with E-state index in [0.29, 0.717) is 11.7 Å². The maximum absolute atomic E-state index is 11.9. The van der Waals surface area contributed by atoms with Crippen LogP contribution in [0.5, 0.6) is 0 Å². The van der Waals surface area contributed by atoms with Crippen LogP contribution in [0.4, 0.5) is 4.79 Å². The monoisotopic (exact) mass is 331 g/mol. The summed E-state index contributed by atoms with van der Waals surface area (Å²) in [7, 11) is 0. The van der Waals surface area contributed by atoms with Crippen molar-refractivity contribution >= 4 is 6.03 Å². The molecule has 0 fully saturated rings. The lowest BCUT2D eigenvalue weighted by molar-refractivity contribution is 0.0649. The Labute approximate surface area is 142 Å². The fourth-order valence-corrected chi connectivity index (χ4v) is 2.03. The van der Waals surface area contributed by atoms with E-state index in [0.717, 1.165) is 5.56 Å². The van der Waals surface area contributed by atoms with Crippen LogP contribution in [0.15, 0.2) is 40.9 Å². The Morgan fingerprint density at radius 2 is 1.96 bits per heavy atom. The molecule has 2 aromatic rings. The van der Waals surface area contributed by atoms with Crippen molar-refractivity contribution in [1.29, 1.82) is 0 Å². The van der Waals surface area contributed by atoms with Gasteiger partial charge < -0.3 is 20.2 Å². The quantitative estimate of drug-likeness (QED) is 0.785. The number of nitrogens with one attached hydrogen (secondary N) is 2. The van der Waals surface area contributed by atoms with Crippen molar-refractivity contribution in [3.8, 4) is 11.3 Å². The number of oxazole rings is 1. The summed E-state index contributed by atoms with van der Waals surface area (Å²) in [5.74, 6) is 1.09. The van der Waals surface area contributed by atoms with Crippen molar-refractivity contribution in [2.24, 2.45) is 5.41 Å². The SMILES string of the molecule is CC(NC(=O)NCC(O)C(C)(C)C)c1ncc(-c2ccccc2)o1. The summed E-state index contributed by atoms with van der Waals surface area (Å²) in [6.07, 6.45) is 1.02. The third-order valence-corrected chi connectivity index (χ3v) is 3.76. The highest BCUT2D eigenvalue weighted by molar-refractivity contribution is 5.74. The Kier molecular flexibility index (Phi) is 5.62. The van der Waals surface area contributed by atoms with Crippen molar-refractivity contribution in [2.45, 2.75) is 39.8 Å². The molecule has 2 atom stereocenters. The molecule has 130 valence electrons. The van der Waals surface area contributed by atoms with E-state index in [4.69, 9.17) is 4.42 Å². The predicted molar refractivity (Wildman–Crippen MR) is 92.4 cm³/mol. The minimum Gasteiger partial charge on any atom is -0.438 e. The van der Waals surface area contributed by atoms with E-state index in [9.17, 15) is 9.90 Å². The Hall–Kier alpha value is -2.34. The third kappa shape index (κ3) is 4.83. The number of aliphatic hydroxyl groups excluding tert-OH is 1. The summed E-state index contributed by atoms with van der Waals surface area (Å²) in [5.41, 5.74) is 0.646. The van der Waals surface area contributed by atoms with Gasteiger partial charge >= 0.3 is 6.03 Å². The first-order valence-electron chi connectivity index (χ1n) is 8.01. The van der Waals surface area contributed by atoms with Crippen LogP contribution in [0, 0.1) is 5.41 Å². The van der Waals surface area contributed by atoms with E-state index in [-0.39, 0.29) is 24.0 Å². The van der Waals surface area contributed by atoms with Crippen LogP contribution in [0.1, 0.15) is 39.6 Å². The highest BCUT2D eigenvalue weighted by atomic mass is 16.4. The molecule has 0 aliphatic rings. The number of aromatic nitrogens is 1. The number of aliphatic hydroxyl groups is 1. The van der Waals surface area contributed by atoms with Crippen molar-refractivity contribution in [1.82, 2.24) is 15.6 Å². The van der Waals surface area contributed by atoms with Crippen LogP contribution in [-0.4, -0.2) is 28.8 Å². The van der Waals surface area contributed by atoms with Gasteiger partial charge in [0.25, 0.3) is 0 Å². The fraction of sp³-hybridized carbons (Fsp3) is 0.444. The predicted octanol–water partition coefficient (Wildman–Crippen LogP) is 3.11. The van der Waals surface area contributed by atoms with Crippen molar-refractivity contribution < 1.29 is 14.3 Å². The molecule has 0 spiro atoms. The second-order valence-electron chi connectivity index (χ2n) is 6.89. The second-order valence-corrected chi connectivity index (χ2v) is 6.89. The molecule has 0 aliphatic heterocycles. The molecule has 1 aromatic carbocycles. The molecule has 0 aliphatic carbocycles. The second kappa shape index (κ2) is 7.49. The van der Waals surface area contributed by atoms with Crippen molar-refractivity contribution in [3.63, 3.8) is 0 Å². The lowest BCUT2D eigenvalue weighted by atomic mass is 9.89. The molecule has 2 unspecified atom stereocenters. The number of carbonyl (C=O) groups is 1. The minimum absolute atomic E-state index is 0.183. The molecule has 2 rings (SSSR count). The lowest BCUT2D eigenvalue weighted by Gasteiger charge is -2.26. The zero-order valence-corrected chi connectivity index (χ0v) is 14.5. The number of rotatable bonds is 5. The smallest absolute Gasteiger partial charge is 0.315 e. The van der Waals surface area contributed by atoms with Crippen molar-refractivity contribution in [2.75, 3.05) is 6.54 Å². The van der Waals surface area contributed by atoms with Gasteiger partial charge in [0.15, 0.2) is 5.76 Å². The fourth-order valence-electron chi connectivity index (χ4n) is 2.03. The van der Waals surface area contributed by atoms with E-state index in [2.05, 4.69) is 15.6 Å². The number of nitrogens with zero attached hydrogens (tertiary/aromatic N) is 1. The number of carbonyl (C=O) groups excluding carboxylic acids is 1. The Morgan fingerprint density at radius 1 is 1.29 bits per heavy atom. The molecule has 1 aromatic heterocycles. The topological polar surface area (TPSA) is 87.4 Å². The van der Waals surface area contributed by atoms with Gasteiger partial charge in [-0.05, 0) is 12.3 Å². The molecule has 0 bridgehead atoms. The molecule has 2 amide bonds. The van der Waals surface area contributed by atoms with Crippen LogP contribution in [0.3, 0.4) is 0 Å². The van der Waals surface area contributed by atoms with Crippen LogP contribution >= 0.6 is 0 Å². The third-order valence-electron chi connectivity index (χ3n) is 3.76. The summed E-state index contributed by atoms with van der Waals surface area (Å²) in [4.78, 5) is 16.2. The zero-order valence-electron chi connectivity index (χ0n) is 14.5. The Bertz CT molecular complexity index is 662. The van der Waals surface area contributed by atoms with E-state index in [1.54, 1.807) is 13.1 Å². The summed E-state index contributed by atoms with van der Waals surface area (Å²) < 4.78 is 5.71. The Balaban J connectivity index is 1.90. The van der Waals surface area contributed by atoms with E-state index in [1.807, 2.05) is 51.1 Å². The largest absolute Gasteiger partial charge is 0.438 e. The van der Waals surface area contributed by atoms with Gasteiger partial charge in [0.2, 0.25) is 5.89 Å². The molecular weight excluding hydrogens is 306 g/mol. The van der Waals surface area contributed by atoms with Crippen LogP contribution in [0.25, 0.3) is 11.3 Å². The molecule has 6 nitrogen and oxygen atoms in total. The van der Waals surface area contributed by atoms with Crippen LogP contribution in [-0.2, 0) is 0 Å². The number of hydrogen-bond acceptors (Lipinski definition) is 4.